The van der Waals surface area contributed by atoms with Gasteiger partial charge in [-0.15, -0.1) is 4.68 Å². The second kappa shape index (κ2) is 4.34. The van der Waals surface area contributed by atoms with Crippen molar-refractivity contribution in [2.75, 3.05) is 0 Å². The summed E-state index contributed by atoms with van der Waals surface area (Å²) in [5.41, 5.74) is -0.174. The summed E-state index contributed by atoms with van der Waals surface area (Å²) >= 11 is 0. The highest BCUT2D eigenvalue weighted by molar-refractivity contribution is 7.86. The van der Waals surface area contributed by atoms with Crippen LogP contribution in [0, 0.1) is 0 Å². The number of tetrazole rings is 1. The highest BCUT2D eigenvalue weighted by atomic mass is 32.2. The van der Waals surface area contributed by atoms with E-state index < -0.39 is 30.0 Å². The highest BCUT2D eigenvalue weighted by Crippen LogP contribution is 2.20. The molecule has 1 aromatic carbocycles. The molecule has 1 heterocycles. The molecule has 10 nitrogen and oxygen atoms in total. The van der Waals surface area contributed by atoms with Crippen LogP contribution in [0.5, 0.6) is 0 Å². The number of nitrogens with one attached hydrogen (secondary N) is 1. The third-order valence-corrected chi connectivity index (χ3v) is 3.85. The third kappa shape index (κ3) is 2.76. The Morgan fingerprint density at radius 2 is 1.95 bits per heavy atom. The lowest BCUT2D eigenvalue weighted by atomic mass is 10.3. The average molecular weight is 306 g/mol. The maximum atomic E-state index is 11.1. The van der Waals surface area contributed by atoms with Crippen molar-refractivity contribution in [2.24, 2.45) is 0 Å². The van der Waals surface area contributed by atoms with Crippen molar-refractivity contribution in [1.82, 2.24) is 15.5 Å². The molecular formula is C7H6N4O6S2. The van der Waals surface area contributed by atoms with Crippen molar-refractivity contribution in [2.45, 2.75) is 9.79 Å². The molecule has 19 heavy (non-hydrogen) atoms. The summed E-state index contributed by atoms with van der Waals surface area (Å²) in [7, 11) is -9.59. The molecular weight excluding hydrogens is 300 g/mol. The third-order valence-electron chi connectivity index (χ3n) is 2.14. The molecule has 0 radical (unpaired) electrons. The molecule has 0 aliphatic carbocycles. The minimum absolute atomic E-state index is 0.174. The van der Waals surface area contributed by atoms with Crippen LogP contribution in [0.25, 0.3) is 5.69 Å². The van der Waals surface area contributed by atoms with Gasteiger partial charge in [-0.05, 0) is 18.2 Å². The van der Waals surface area contributed by atoms with Gasteiger partial charge in [-0.1, -0.05) is 5.21 Å². The number of benzene rings is 1. The summed E-state index contributed by atoms with van der Waals surface area (Å²) in [6, 6.07) is 2.52. The van der Waals surface area contributed by atoms with Gasteiger partial charge in [0.2, 0.25) is 0 Å². The lowest BCUT2D eigenvalue weighted by Crippen LogP contribution is -2.34. The molecule has 1 aromatic heterocycles. The molecule has 0 spiro atoms. The first-order chi connectivity index (χ1) is 8.69. The van der Waals surface area contributed by atoms with E-state index in [-0.39, 0.29) is 5.69 Å². The first-order valence-corrected chi connectivity index (χ1v) is 7.40. The Hall–Kier alpha value is -1.89. The minimum Gasteiger partial charge on any atom is -0.744 e. The summed E-state index contributed by atoms with van der Waals surface area (Å²) < 4.78 is 65.1. The maximum absolute atomic E-state index is 11.1. The molecule has 0 aliphatic heterocycles. The number of aromatic amines is 1. The SMILES string of the molecule is O=S(=O)([O-])c1cc(S(=O)(=O)O)ccc1-[n+]1cnn[nH]1. The Labute approximate surface area is 107 Å². The van der Waals surface area contributed by atoms with Gasteiger partial charge in [0.05, 0.1) is 9.79 Å². The standard InChI is InChI=1S/C7H6N4O6S2/c12-18(13,14)5-1-2-6(11-4-8-9-10-11)7(3-5)19(15,16)17/h1-4H,(H2,12,13,14,15,16,17). The van der Waals surface area contributed by atoms with Crippen molar-refractivity contribution in [3.05, 3.63) is 24.5 Å². The summed E-state index contributed by atoms with van der Waals surface area (Å²) in [5.74, 6) is 0. The second-order valence-corrected chi connectivity index (χ2v) is 6.13. The van der Waals surface area contributed by atoms with Gasteiger partial charge >= 0.3 is 0 Å². The fourth-order valence-corrected chi connectivity index (χ4v) is 2.62. The van der Waals surface area contributed by atoms with Crippen LogP contribution in [0.2, 0.25) is 0 Å². The molecule has 0 aliphatic rings. The van der Waals surface area contributed by atoms with Gasteiger partial charge in [-0.3, -0.25) is 4.55 Å². The van der Waals surface area contributed by atoms with Gasteiger partial charge in [0, 0.05) is 0 Å². The van der Waals surface area contributed by atoms with Gasteiger partial charge in [0.15, 0.2) is 5.21 Å². The first-order valence-electron chi connectivity index (χ1n) is 4.55. The molecule has 0 amide bonds. The predicted octanol–water partition coefficient (Wildman–Crippen LogP) is -1.77. The second-order valence-electron chi connectivity index (χ2n) is 3.36. The van der Waals surface area contributed by atoms with Gasteiger partial charge in [-0.2, -0.15) is 8.42 Å². The summed E-state index contributed by atoms with van der Waals surface area (Å²) in [6.07, 6.45) is 1.08. The molecule has 0 fully saturated rings. The Balaban J connectivity index is 2.78. The fourth-order valence-electron chi connectivity index (χ4n) is 1.35. The van der Waals surface area contributed by atoms with E-state index >= 15 is 0 Å². The van der Waals surface area contributed by atoms with E-state index in [2.05, 4.69) is 15.5 Å². The fraction of sp³-hybridized carbons (Fsp3) is 0. The van der Waals surface area contributed by atoms with E-state index in [0.717, 1.165) is 23.1 Å². The summed E-state index contributed by atoms with van der Waals surface area (Å²) in [6.45, 7) is 0. The summed E-state index contributed by atoms with van der Waals surface area (Å²) in [5, 5.41) is 8.97. The molecule has 0 atom stereocenters. The number of rotatable bonds is 3. The number of aromatic nitrogens is 4. The average Bonchev–Trinajstić information content (AvgIpc) is 2.79. The first kappa shape index (κ1) is 13.5. The molecule has 0 bridgehead atoms. The lowest BCUT2D eigenvalue weighted by Gasteiger charge is -2.11. The van der Waals surface area contributed by atoms with E-state index in [1.165, 1.54) is 0 Å². The Kier molecular flexibility index (Phi) is 3.09. The number of hydrogen-bond donors (Lipinski definition) is 2. The van der Waals surface area contributed by atoms with Crippen LogP contribution in [0.4, 0.5) is 0 Å². The monoisotopic (exact) mass is 306 g/mol. The van der Waals surface area contributed by atoms with E-state index in [9.17, 15) is 21.4 Å². The highest BCUT2D eigenvalue weighted by Gasteiger charge is 2.20. The van der Waals surface area contributed by atoms with E-state index in [4.69, 9.17) is 4.55 Å². The van der Waals surface area contributed by atoms with Crippen molar-refractivity contribution in [1.29, 1.82) is 0 Å². The van der Waals surface area contributed by atoms with E-state index in [0.29, 0.717) is 6.07 Å². The molecule has 0 saturated carbocycles. The number of hydrogen-bond acceptors (Lipinski definition) is 7. The van der Waals surface area contributed by atoms with E-state index in [1.807, 2.05) is 0 Å². The Morgan fingerprint density at radius 1 is 1.26 bits per heavy atom. The van der Waals surface area contributed by atoms with Crippen molar-refractivity contribution < 1.29 is 30.6 Å². The van der Waals surface area contributed by atoms with Crippen molar-refractivity contribution in [3.8, 4) is 5.69 Å². The topological polar surface area (TPSA) is 157 Å². The molecule has 0 saturated heterocycles. The van der Waals surface area contributed by atoms with Gasteiger partial charge in [0.25, 0.3) is 16.4 Å². The van der Waals surface area contributed by atoms with Crippen molar-refractivity contribution in [3.63, 3.8) is 0 Å². The molecule has 102 valence electrons. The number of nitrogens with zero attached hydrogens (tertiary/aromatic N) is 3. The van der Waals surface area contributed by atoms with Gasteiger partial charge in [0.1, 0.15) is 20.9 Å². The number of H-pyrrole nitrogens is 1. The molecule has 2 rings (SSSR count). The van der Waals surface area contributed by atoms with Crippen LogP contribution in [0.3, 0.4) is 0 Å². The molecule has 0 unspecified atom stereocenters. The van der Waals surface area contributed by atoms with Crippen LogP contribution in [-0.2, 0) is 20.2 Å². The van der Waals surface area contributed by atoms with Crippen LogP contribution < -0.4 is 4.68 Å². The predicted molar refractivity (Wildman–Crippen MR) is 55.7 cm³/mol. The van der Waals surface area contributed by atoms with Crippen LogP contribution in [-0.4, -0.2) is 41.5 Å². The van der Waals surface area contributed by atoms with Crippen LogP contribution >= 0.6 is 0 Å². The molecule has 2 N–H and O–H groups in total. The largest absolute Gasteiger partial charge is 0.744 e. The lowest BCUT2D eigenvalue weighted by molar-refractivity contribution is -0.662. The van der Waals surface area contributed by atoms with Crippen LogP contribution in [0.1, 0.15) is 0 Å². The maximum Gasteiger partial charge on any atom is 0.294 e. The Bertz CT molecular complexity index is 811. The van der Waals surface area contributed by atoms with Crippen molar-refractivity contribution >= 4 is 20.2 Å². The van der Waals surface area contributed by atoms with Gasteiger partial charge < -0.3 is 4.55 Å². The van der Waals surface area contributed by atoms with Gasteiger partial charge in [-0.25, -0.2) is 8.42 Å². The smallest absolute Gasteiger partial charge is 0.294 e. The minimum atomic E-state index is -4.96. The zero-order chi connectivity index (χ0) is 14.3. The Morgan fingerprint density at radius 3 is 2.42 bits per heavy atom. The normalized spacial score (nSPS) is 12.5. The molecule has 12 heteroatoms. The zero-order valence-electron chi connectivity index (χ0n) is 8.96. The quantitative estimate of drug-likeness (QED) is 0.498. The zero-order valence-corrected chi connectivity index (χ0v) is 10.6. The van der Waals surface area contributed by atoms with E-state index in [1.54, 1.807) is 0 Å². The summed E-state index contributed by atoms with van der Waals surface area (Å²) in [4.78, 5) is -1.54. The molecule has 2 aromatic rings. The van der Waals surface area contributed by atoms with Crippen LogP contribution in [0.15, 0.2) is 34.3 Å².